The van der Waals surface area contributed by atoms with Gasteiger partial charge in [-0.05, 0) is 61.4 Å². The number of amidine groups is 1. The van der Waals surface area contributed by atoms with E-state index in [9.17, 15) is 22.4 Å². The van der Waals surface area contributed by atoms with Crippen LogP contribution in [0.2, 0.25) is 0 Å². The van der Waals surface area contributed by atoms with Crippen LogP contribution in [0.1, 0.15) is 38.5 Å². The maximum Gasteiger partial charge on any atom is 0.284 e. The zero-order valence-corrected chi connectivity index (χ0v) is 20.8. The van der Waals surface area contributed by atoms with E-state index in [4.69, 9.17) is 4.74 Å². The summed E-state index contributed by atoms with van der Waals surface area (Å²) in [6, 6.07) is 11.0. The van der Waals surface area contributed by atoms with Crippen LogP contribution in [-0.4, -0.2) is 48.7 Å². The summed E-state index contributed by atoms with van der Waals surface area (Å²) in [6.07, 6.45) is 4.27. The van der Waals surface area contributed by atoms with Crippen LogP contribution < -0.4 is 10.1 Å². The second kappa shape index (κ2) is 10.8. The third-order valence-corrected chi connectivity index (χ3v) is 8.51. The van der Waals surface area contributed by atoms with E-state index in [1.807, 2.05) is 0 Å². The molecular weight excluding hydrogens is 493 g/mol. The number of halogens is 1. The molecule has 186 valence electrons. The average molecular weight is 520 g/mol. The Morgan fingerprint density at radius 1 is 1.11 bits per heavy atom. The largest absolute Gasteiger partial charge is 0.497 e. The van der Waals surface area contributed by atoms with Crippen molar-refractivity contribution >= 4 is 44.5 Å². The molecule has 4 rings (SSSR count). The number of amides is 2. The summed E-state index contributed by atoms with van der Waals surface area (Å²) in [5.74, 6) is -0.600. The van der Waals surface area contributed by atoms with Gasteiger partial charge in [0.2, 0.25) is 11.8 Å². The van der Waals surface area contributed by atoms with Gasteiger partial charge >= 0.3 is 0 Å². The van der Waals surface area contributed by atoms with Crippen molar-refractivity contribution in [3.63, 3.8) is 0 Å². The number of methoxy groups -OCH3 is 1. The summed E-state index contributed by atoms with van der Waals surface area (Å²) in [7, 11) is -2.62. The van der Waals surface area contributed by atoms with Crippen molar-refractivity contribution in [1.29, 1.82) is 0 Å². The van der Waals surface area contributed by atoms with E-state index in [2.05, 4.69) is 9.71 Å². The first-order valence-electron chi connectivity index (χ1n) is 11.3. The lowest BCUT2D eigenvalue weighted by Gasteiger charge is -2.30. The molecule has 0 aromatic heterocycles. The van der Waals surface area contributed by atoms with Gasteiger partial charge in [0.15, 0.2) is 5.17 Å². The van der Waals surface area contributed by atoms with Gasteiger partial charge in [0.05, 0.1) is 12.0 Å². The van der Waals surface area contributed by atoms with Gasteiger partial charge in [0.25, 0.3) is 10.0 Å². The summed E-state index contributed by atoms with van der Waals surface area (Å²) in [5.41, 5.74) is 0.558. The minimum absolute atomic E-state index is 0.0634. The molecule has 1 saturated carbocycles. The highest BCUT2D eigenvalue weighted by Crippen LogP contribution is 2.36. The van der Waals surface area contributed by atoms with Crippen molar-refractivity contribution in [2.24, 2.45) is 4.40 Å². The molecule has 1 atom stereocenters. The number of nitrogens with one attached hydrogen (secondary N) is 1. The zero-order valence-electron chi connectivity index (χ0n) is 19.1. The molecule has 0 spiro atoms. The minimum atomic E-state index is -4.17. The highest BCUT2D eigenvalue weighted by Gasteiger charge is 2.43. The lowest BCUT2D eigenvalue weighted by atomic mass is 9.94. The Balaban J connectivity index is 1.55. The van der Waals surface area contributed by atoms with E-state index >= 15 is 0 Å². The standard InChI is InChI=1S/C24H26FN3O5S2/c1-33-19-11-9-17(10-12-19)26-22(29)15-21-23(30)28(18-5-3-2-4-6-18)24(34-21)27-35(31,32)20-13-7-16(25)8-14-20/h7-14,18,21H,2-6,15H2,1H3,(H,26,29)/t21-/m1/s1. The van der Waals surface area contributed by atoms with Crippen molar-refractivity contribution in [1.82, 2.24) is 4.90 Å². The number of hydrogen-bond donors (Lipinski definition) is 1. The normalized spacial score (nSPS) is 20.3. The van der Waals surface area contributed by atoms with Gasteiger partial charge in [-0.15, -0.1) is 4.40 Å². The Hall–Kier alpha value is -2.92. The first-order valence-corrected chi connectivity index (χ1v) is 13.6. The van der Waals surface area contributed by atoms with Crippen LogP contribution in [0.5, 0.6) is 5.75 Å². The number of ether oxygens (including phenoxy) is 1. The van der Waals surface area contributed by atoms with Crippen molar-refractivity contribution in [2.45, 2.75) is 54.7 Å². The Kier molecular flexibility index (Phi) is 7.75. The fourth-order valence-electron chi connectivity index (χ4n) is 4.17. The predicted molar refractivity (Wildman–Crippen MR) is 132 cm³/mol. The zero-order chi connectivity index (χ0) is 25.0. The molecule has 35 heavy (non-hydrogen) atoms. The monoisotopic (exact) mass is 519 g/mol. The Morgan fingerprint density at radius 3 is 2.40 bits per heavy atom. The predicted octanol–water partition coefficient (Wildman–Crippen LogP) is 4.18. The van der Waals surface area contributed by atoms with E-state index in [-0.39, 0.29) is 34.3 Å². The molecule has 1 saturated heterocycles. The van der Waals surface area contributed by atoms with Gasteiger partial charge in [-0.3, -0.25) is 14.5 Å². The molecule has 2 amide bonds. The number of hydrogen-bond acceptors (Lipinski definition) is 6. The number of nitrogens with zero attached hydrogens (tertiary/aromatic N) is 2. The third-order valence-electron chi connectivity index (χ3n) is 5.96. The Bertz CT molecular complexity index is 1210. The summed E-state index contributed by atoms with van der Waals surface area (Å²) < 4.78 is 48.2. The van der Waals surface area contributed by atoms with Crippen LogP contribution in [0.25, 0.3) is 0 Å². The van der Waals surface area contributed by atoms with Crippen molar-refractivity contribution in [3.05, 3.63) is 54.3 Å². The summed E-state index contributed by atoms with van der Waals surface area (Å²) in [6.45, 7) is 0. The number of sulfonamides is 1. The molecule has 2 fully saturated rings. The summed E-state index contributed by atoms with van der Waals surface area (Å²) in [4.78, 5) is 27.3. The summed E-state index contributed by atoms with van der Waals surface area (Å²) in [5, 5.41) is 2.03. The number of carbonyl (C=O) groups is 2. The maximum absolute atomic E-state index is 13.3. The molecule has 2 aliphatic rings. The lowest BCUT2D eigenvalue weighted by molar-refractivity contribution is -0.130. The number of rotatable bonds is 7. The number of benzene rings is 2. The van der Waals surface area contributed by atoms with Crippen LogP contribution in [-0.2, 0) is 19.6 Å². The number of thioether (sulfide) groups is 1. The molecule has 1 aliphatic heterocycles. The molecular formula is C24H26FN3O5S2. The van der Waals surface area contributed by atoms with Crippen LogP contribution in [0, 0.1) is 5.82 Å². The number of anilines is 1. The van der Waals surface area contributed by atoms with Crippen LogP contribution in [0.3, 0.4) is 0 Å². The second-order valence-corrected chi connectivity index (χ2v) is 11.2. The first-order chi connectivity index (χ1) is 16.8. The van der Waals surface area contributed by atoms with Crippen LogP contribution in [0.4, 0.5) is 10.1 Å². The molecule has 0 radical (unpaired) electrons. The van der Waals surface area contributed by atoms with Gasteiger partial charge in [0.1, 0.15) is 16.8 Å². The molecule has 2 aromatic carbocycles. The van der Waals surface area contributed by atoms with E-state index in [0.29, 0.717) is 11.4 Å². The van der Waals surface area contributed by atoms with Crippen molar-refractivity contribution in [3.8, 4) is 5.75 Å². The van der Waals surface area contributed by atoms with E-state index < -0.39 is 21.1 Å². The first kappa shape index (κ1) is 25.2. The molecule has 11 heteroatoms. The summed E-state index contributed by atoms with van der Waals surface area (Å²) >= 11 is 0.982. The third kappa shape index (κ3) is 6.02. The SMILES string of the molecule is COc1ccc(NC(=O)C[C@H]2SC(=NS(=O)(=O)c3ccc(F)cc3)N(C3CCCCC3)C2=O)cc1. The molecule has 1 heterocycles. The maximum atomic E-state index is 13.3. The lowest BCUT2D eigenvalue weighted by Crippen LogP contribution is -2.42. The van der Waals surface area contributed by atoms with E-state index in [0.717, 1.165) is 68.1 Å². The molecule has 2 aromatic rings. The van der Waals surface area contributed by atoms with Gasteiger partial charge in [0, 0.05) is 18.2 Å². The fraction of sp³-hybridized carbons (Fsp3) is 0.375. The Morgan fingerprint density at radius 2 is 1.77 bits per heavy atom. The smallest absolute Gasteiger partial charge is 0.284 e. The van der Waals surface area contributed by atoms with Gasteiger partial charge in [-0.1, -0.05) is 31.0 Å². The van der Waals surface area contributed by atoms with Gasteiger partial charge in [-0.25, -0.2) is 4.39 Å². The van der Waals surface area contributed by atoms with Gasteiger partial charge in [-0.2, -0.15) is 8.42 Å². The fourth-order valence-corrected chi connectivity index (χ4v) is 6.57. The number of carbonyl (C=O) groups excluding carboxylic acids is 2. The van der Waals surface area contributed by atoms with E-state index in [1.165, 1.54) is 4.90 Å². The highest BCUT2D eigenvalue weighted by molar-refractivity contribution is 8.16. The quantitative estimate of drug-likeness (QED) is 0.588. The topological polar surface area (TPSA) is 105 Å². The van der Waals surface area contributed by atoms with Crippen molar-refractivity contribution in [2.75, 3.05) is 12.4 Å². The molecule has 0 bridgehead atoms. The van der Waals surface area contributed by atoms with Crippen LogP contribution in [0.15, 0.2) is 57.8 Å². The molecule has 1 aliphatic carbocycles. The van der Waals surface area contributed by atoms with E-state index in [1.54, 1.807) is 31.4 Å². The van der Waals surface area contributed by atoms with Crippen LogP contribution >= 0.6 is 11.8 Å². The molecule has 0 unspecified atom stereocenters. The van der Waals surface area contributed by atoms with Gasteiger partial charge < -0.3 is 10.1 Å². The minimum Gasteiger partial charge on any atom is -0.497 e. The average Bonchev–Trinajstić information content (AvgIpc) is 3.13. The van der Waals surface area contributed by atoms with Crippen molar-refractivity contribution < 1.29 is 27.1 Å². The highest BCUT2D eigenvalue weighted by atomic mass is 32.2. The second-order valence-electron chi connectivity index (χ2n) is 8.39. The molecule has 8 nitrogen and oxygen atoms in total. The Labute approximate surface area is 208 Å². The molecule has 1 N–H and O–H groups in total.